The van der Waals surface area contributed by atoms with E-state index < -0.39 is 0 Å². The molecule has 2 aliphatic carbocycles. The van der Waals surface area contributed by atoms with Gasteiger partial charge in [-0.3, -0.25) is 0 Å². The van der Waals surface area contributed by atoms with Gasteiger partial charge >= 0.3 is 0 Å². The molecular weight excluding hydrogens is 264 g/mol. The average Bonchev–Trinajstić information content (AvgIpc) is 2.54. The van der Waals surface area contributed by atoms with Crippen molar-refractivity contribution in [1.82, 2.24) is 0 Å². The SMILES string of the molecule is CC(CCC(C)(C)CC(C)C1CCCCC1)C1CCCCC1. The fraction of sp³-hybridized carbons (Fsp3) is 1.00. The van der Waals surface area contributed by atoms with Crippen LogP contribution >= 0.6 is 0 Å². The number of hydrogen-bond acceptors (Lipinski definition) is 0. The lowest BCUT2D eigenvalue weighted by molar-refractivity contribution is 0.157. The highest BCUT2D eigenvalue weighted by Gasteiger charge is 2.28. The second-order valence-electron chi connectivity index (χ2n) is 9.66. The largest absolute Gasteiger partial charge is 0.0622 e. The molecule has 0 aromatic rings. The standard InChI is InChI=1S/C22H42/c1-18(20-11-7-5-8-12-20)15-16-22(3,4)17-19(2)21-13-9-6-10-14-21/h18-21H,5-17H2,1-4H3. The van der Waals surface area contributed by atoms with Crippen molar-refractivity contribution in [3.63, 3.8) is 0 Å². The van der Waals surface area contributed by atoms with Gasteiger partial charge in [-0.05, 0) is 48.3 Å². The molecule has 0 radical (unpaired) electrons. The van der Waals surface area contributed by atoms with E-state index in [9.17, 15) is 0 Å². The Balaban J connectivity index is 1.72. The molecule has 130 valence electrons. The molecule has 0 aromatic carbocycles. The minimum atomic E-state index is 0.555. The zero-order valence-corrected chi connectivity index (χ0v) is 16.0. The van der Waals surface area contributed by atoms with Crippen LogP contribution in [0.3, 0.4) is 0 Å². The van der Waals surface area contributed by atoms with Crippen LogP contribution in [0.2, 0.25) is 0 Å². The van der Waals surface area contributed by atoms with Gasteiger partial charge in [0.25, 0.3) is 0 Å². The predicted octanol–water partition coefficient (Wildman–Crippen LogP) is 7.62. The van der Waals surface area contributed by atoms with Crippen LogP contribution in [0, 0.1) is 29.1 Å². The molecule has 2 unspecified atom stereocenters. The summed E-state index contributed by atoms with van der Waals surface area (Å²) in [6.07, 6.45) is 19.4. The molecule has 0 spiro atoms. The molecule has 0 heteroatoms. The molecular formula is C22H42. The summed E-state index contributed by atoms with van der Waals surface area (Å²) < 4.78 is 0. The van der Waals surface area contributed by atoms with Crippen LogP contribution in [0.1, 0.15) is 111 Å². The van der Waals surface area contributed by atoms with E-state index in [0.29, 0.717) is 5.41 Å². The summed E-state index contributed by atoms with van der Waals surface area (Å²) in [5.41, 5.74) is 0.555. The third-order valence-electron chi connectivity index (χ3n) is 7.06. The van der Waals surface area contributed by atoms with E-state index in [1.165, 1.54) is 83.5 Å². The van der Waals surface area contributed by atoms with Crippen LogP contribution in [0.4, 0.5) is 0 Å². The van der Waals surface area contributed by atoms with Crippen molar-refractivity contribution in [2.75, 3.05) is 0 Å². The molecule has 2 atom stereocenters. The zero-order valence-electron chi connectivity index (χ0n) is 16.0. The van der Waals surface area contributed by atoms with Gasteiger partial charge in [-0.2, -0.15) is 0 Å². The quantitative estimate of drug-likeness (QED) is 0.454. The van der Waals surface area contributed by atoms with Crippen LogP contribution in [0.15, 0.2) is 0 Å². The molecule has 0 amide bonds. The molecule has 0 aliphatic heterocycles. The highest BCUT2D eigenvalue weighted by molar-refractivity contribution is 4.80. The highest BCUT2D eigenvalue weighted by Crippen LogP contribution is 2.40. The van der Waals surface area contributed by atoms with E-state index in [1.54, 1.807) is 0 Å². The maximum absolute atomic E-state index is 2.54. The monoisotopic (exact) mass is 306 g/mol. The first-order chi connectivity index (χ1) is 10.5. The van der Waals surface area contributed by atoms with Crippen LogP contribution in [-0.2, 0) is 0 Å². The van der Waals surface area contributed by atoms with Gasteiger partial charge in [0.2, 0.25) is 0 Å². The van der Waals surface area contributed by atoms with Crippen molar-refractivity contribution >= 4 is 0 Å². The average molecular weight is 307 g/mol. The van der Waals surface area contributed by atoms with Crippen molar-refractivity contribution in [2.24, 2.45) is 29.1 Å². The smallest absolute Gasteiger partial charge is 0.0351 e. The zero-order chi connectivity index (χ0) is 16.0. The third-order valence-corrected chi connectivity index (χ3v) is 7.06. The van der Waals surface area contributed by atoms with Gasteiger partial charge in [0.1, 0.15) is 0 Å². The molecule has 22 heavy (non-hydrogen) atoms. The maximum atomic E-state index is 2.54. The highest BCUT2D eigenvalue weighted by atomic mass is 14.3. The molecule has 0 bridgehead atoms. The first-order valence-electron chi connectivity index (χ1n) is 10.5. The van der Waals surface area contributed by atoms with Gasteiger partial charge in [-0.15, -0.1) is 0 Å². The van der Waals surface area contributed by atoms with Crippen LogP contribution in [0.25, 0.3) is 0 Å². The first kappa shape index (κ1) is 18.3. The maximum Gasteiger partial charge on any atom is -0.0351 e. The Hall–Kier alpha value is 0. The molecule has 0 nitrogen and oxygen atoms in total. The van der Waals surface area contributed by atoms with Gasteiger partial charge in [0.05, 0.1) is 0 Å². The lowest BCUT2D eigenvalue weighted by Gasteiger charge is -2.36. The van der Waals surface area contributed by atoms with Crippen LogP contribution in [0.5, 0.6) is 0 Å². The molecule has 2 rings (SSSR count). The Bertz CT molecular complexity index is 291. The Morgan fingerprint density at radius 1 is 0.727 bits per heavy atom. The van der Waals surface area contributed by atoms with Gasteiger partial charge in [0, 0.05) is 0 Å². The summed E-state index contributed by atoms with van der Waals surface area (Å²) in [7, 11) is 0. The lowest BCUT2D eigenvalue weighted by Crippen LogP contribution is -2.24. The number of rotatable bonds is 7. The van der Waals surface area contributed by atoms with Gasteiger partial charge in [-0.25, -0.2) is 0 Å². The predicted molar refractivity (Wildman–Crippen MR) is 99.1 cm³/mol. The van der Waals surface area contributed by atoms with Gasteiger partial charge < -0.3 is 0 Å². The van der Waals surface area contributed by atoms with Crippen molar-refractivity contribution in [3.8, 4) is 0 Å². The molecule has 2 aliphatic rings. The van der Waals surface area contributed by atoms with E-state index in [-0.39, 0.29) is 0 Å². The van der Waals surface area contributed by atoms with E-state index in [4.69, 9.17) is 0 Å². The van der Waals surface area contributed by atoms with E-state index in [1.807, 2.05) is 0 Å². The summed E-state index contributed by atoms with van der Waals surface area (Å²) in [6, 6.07) is 0. The van der Waals surface area contributed by atoms with E-state index in [2.05, 4.69) is 27.7 Å². The summed E-state index contributed by atoms with van der Waals surface area (Å²) in [6.45, 7) is 10.2. The molecule has 2 saturated carbocycles. The Morgan fingerprint density at radius 2 is 1.18 bits per heavy atom. The van der Waals surface area contributed by atoms with Crippen molar-refractivity contribution in [3.05, 3.63) is 0 Å². The Morgan fingerprint density at radius 3 is 1.68 bits per heavy atom. The second kappa shape index (κ2) is 8.74. The first-order valence-corrected chi connectivity index (χ1v) is 10.5. The topological polar surface area (TPSA) is 0 Å². The molecule has 0 aromatic heterocycles. The molecule has 0 saturated heterocycles. The molecule has 0 heterocycles. The van der Waals surface area contributed by atoms with E-state index >= 15 is 0 Å². The molecule has 0 N–H and O–H groups in total. The third kappa shape index (κ3) is 5.89. The van der Waals surface area contributed by atoms with Gasteiger partial charge in [-0.1, -0.05) is 91.9 Å². The van der Waals surface area contributed by atoms with Gasteiger partial charge in [0.15, 0.2) is 0 Å². The Labute approximate surface area is 140 Å². The second-order valence-corrected chi connectivity index (χ2v) is 9.66. The molecule has 2 fully saturated rings. The fourth-order valence-corrected chi connectivity index (χ4v) is 5.40. The van der Waals surface area contributed by atoms with E-state index in [0.717, 1.165) is 23.7 Å². The minimum Gasteiger partial charge on any atom is -0.0622 e. The summed E-state index contributed by atoms with van der Waals surface area (Å²) >= 11 is 0. The van der Waals surface area contributed by atoms with Crippen molar-refractivity contribution in [2.45, 2.75) is 111 Å². The lowest BCUT2D eigenvalue weighted by atomic mass is 9.70. The van der Waals surface area contributed by atoms with Crippen LogP contribution < -0.4 is 0 Å². The summed E-state index contributed by atoms with van der Waals surface area (Å²) in [5, 5.41) is 0. The summed E-state index contributed by atoms with van der Waals surface area (Å²) in [5.74, 6) is 3.98. The number of hydrogen-bond donors (Lipinski definition) is 0. The fourth-order valence-electron chi connectivity index (χ4n) is 5.40. The summed E-state index contributed by atoms with van der Waals surface area (Å²) in [4.78, 5) is 0. The minimum absolute atomic E-state index is 0.555. The Kier molecular flexibility index (Phi) is 7.29. The normalized spacial score (nSPS) is 25.1. The van der Waals surface area contributed by atoms with Crippen molar-refractivity contribution in [1.29, 1.82) is 0 Å². The van der Waals surface area contributed by atoms with Crippen molar-refractivity contribution < 1.29 is 0 Å². The van der Waals surface area contributed by atoms with Crippen LogP contribution in [-0.4, -0.2) is 0 Å².